The van der Waals surface area contributed by atoms with E-state index in [1.165, 1.54) is 17.3 Å². The van der Waals surface area contributed by atoms with E-state index in [-0.39, 0.29) is 11.5 Å². The molecule has 0 spiro atoms. The van der Waals surface area contributed by atoms with Gasteiger partial charge in [0.2, 0.25) is 11.9 Å². The highest BCUT2D eigenvalue weighted by atomic mass is 16.5. The van der Waals surface area contributed by atoms with Gasteiger partial charge < -0.3 is 10.1 Å². The fraction of sp³-hybridized carbons (Fsp3) is 0.545. The van der Waals surface area contributed by atoms with Crippen molar-refractivity contribution in [3.8, 4) is 5.95 Å². The Labute approximate surface area is 121 Å². The zero-order chi connectivity index (χ0) is 14.7. The van der Waals surface area contributed by atoms with Crippen LogP contribution in [-0.4, -0.2) is 48.5 Å². The van der Waals surface area contributed by atoms with Crippen LogP contribution in [0.15, 0.2) is 12.7 Å². The summed E-state index contributed by atoms with van der Waals surface area (Å²) in [5, 5.41) is 7.15. The zero-order valence-electron chi connectivity index (χ0n) is 11.7. The normalized spacial score (nSPS) is 21.4. The predicted octanol–water partition coefficient (Wildman–Crippen LogP) is -0.281. The standard InChI is InChI=1S/C11H17N9O/c1-11(3-2-4-21-11)5-14-8-16-9(19-12)18-10(17-8)20-7-13-6-15-20/h6-7H,2-5,12H2,1H3,(H2,14,16,17,18,19). The summed E-state index contributed by atoms with van der Waals surface area (Å²) in [7, 11) is 0. The molecule has 4 N–H and O–H groups in total. The Morgan fingerprint density at radius 2 is 2.24 bits per heavy atom. The van der Waals surface area contributed by atoms with Gasteiger partial charge in [0.25, 0.3) is 5.95 Å². The number of hydrazine groups is 1. The molecule has 21 heavy (non-hydrogen) atoms. The predicted molar refractivity (Wildman–Crippen MR) is 74.6 cm³/mol. The Hall–Kier alpha value is -2.33. The van der Waals surface area contributed by atoms with Crippen molar-refractivity contribution in [2.75, 3.05) is 23.9 Å². The summed E-state index contributed by atoms with van der Waals surface area (Å²) < 4.78 is 7.15. The van der Waals surface area contributed by atoms with Gasteiger partial charge in [0.15, 0.2) is 0 Å². The minimum absolute atomic E-state index is 0.198. The number of nitrogen functional groups attached to an aromatic ring is 1. The first kappa shape index (κ1) is 13.6. The van der Waals surface area contributed by atoms with Crippen LogP contribution in [0.2, 0.25) is 0 Å². The van der Waals surface area contributed by atoms with Crippen LogP contribution in [0.1, 0.15) is 19.8 Å². The fourth-order valence-corrected chi connectivity index (χ4v) is 2.16. The number of aromatic nitrogens is 6. The Morgan fingerprint density at radius 1 is 1.38 bits per heavy atom. The average Bonchev–Trinajstić information content (AvgIpc) is 3.17. The lowest BCUT2D eigenvalue weighted by atomic mass is 10.0. The van der Waals surface area contributed by atoms with Crippen LogP contribution < -0.4 is 16.6 Å². The summed E-state index contributed by atoms with van der Waals surface area (Å²) in [4.78, 5) is 16.4. The van der Waals surface area contributed by atoms with Gasteiger partial charge in [-0.05, 0) is 19.8 Å². The van der Waals surface area contributed by atoms with E-state index in [0.717, 1.165) is 19.4 Å². The van der Waals surface area contributed by atoms with E-state index < -0.39 is 0 Å². The molecule has 2 aromatic heterocycles. The van der Waals surface area contributed by atoms with Crippen LogP contribution >= 0.6 is 0 Å². The molecule has 0 aromatic carbocycles. The van der Waals surface area contributed by atoms with Crippen LogP contribution in [0.3, 0.4) is 0 Å². The molecule has 0 radical (unpaired) electrons. The monoisotopic (exact) mass is 291 g/mol. The molecule has 0 saturated carbocycles. The highest BCUT2D eigenvalue weighted by Gasteiger charge is 2.29. The molecule has 0 bridgehead atoms. The second-order valence-corrected chi connectivity index (χ2v) is 5.02. The van der Waals surface area contributed by atoms with Gasteiger partial charge in [0.1, 0.15) is 12.7 Å². The molecule has 1 unspecified atom stereocenters. The molecule has 1 aliphatic rings. The van der Waals surface area contributed by atoms with E-state index in [9.17, 15) is 0 Å². The first-order valence-electron chi connectivity index (χ1n) is 6.64. The molecule has 10 nitrogen and oxygen atoms in total. The summed E-state index contributed by atoms with van der Waals surface area (Å²) in [6, 6.07) is 0. The molecule has 112 valence electrons. The third-order valence-corrected chi connectivity index (χ3v) is 3.30. The maximum Gasteiger partial charge on any atom is 0.258 e. The lowest BCUT2D eigenvalue weighted by Crippen LogP contribution is -2.33. The number of rotatable bonds is 5. The summed E-state index contributed by atoms with van der Waals surface area (Å²) in [6.07, 6.45) is 4.97. The van der Waals surface area contributed by atoms with Crippen molar-refractivity contribution in [2.45, 2.75) is 25.4 Å². The van der Waals surface area contributed by atoms with Gasteiger partial charge in [-0.2, -0.15) is 24.7 Å². The highest BCUT2D eigenvalue weighted by molar-refractivity contribution is 5.37. The Balaban J connectivity index is 1.79. The van der Waals surface area contributed by atoms with Crippen LogP contribution in [0.5, 0.6) is 0 Å². The van der Waals surface area contributed by atoms with Gasteiger partial charge in [0.05, 0.1) is 5.60 Å². The number of nitrogens with two attached hydrogens (primary N) is 1. The Morgan fingerprint density at radius 3 is 2.90 bits per heavy atom. The molecule has 1 saturated heterocycles. The average molecular weight is 291 g/mol. The smallest absolute Gasteiger partial charge is 0.258 e. The maximum atomic E-state index is 5.72. The first-order chi connectivity index (χ1) is 10.2. The van der Waals surface area contributed by atoms with Gasteiger partial charge in [-0.15, -0.1) is 0 Å². The van der Waals surface area contributed by atoms with Crippen molar-refractivity contribution in [1.29, 1.82) is 0 Å². The lowest BCUT2D eigenvalue weighted by molar-refractivity contribution is 0.0314. The van der Waals surface area contributed by atoms with Crippen molar-refractivity contribution in [3.63, 3.8) is 0 Å². The topological polar surface area (TPSA) is 129 Å². The maximum absolute atomic E-state index is 5.72. The largest absolute Gasteiger partial charge is 0.373 e. The van der Waals surface area contributed by atoms with Gasteiger partial charge in [0, 0.05) is 13.2 Å². The molecule has 1 atom stereocenters. The summed E-state index contributed by atoms with van der Waals surface area (Å²) >= 11 is 0. The molecule has 1 aliphatic heterocycles. The summed E-state index contributed by atoms with van der Waals surface area (Å²) in [5.41, 5.74) is 2.21. The lowest BCUT2D eigenvalue weighted by Gasteiger charge is -2.23. The minimum Gasteiger partial charge on any atom is -0.373 e. The number of ether oxygens (including phenoxy) is 1. The number of hydrogen-bond donors (Lipinski definition) is 3. The molecule has 3 heterocycles. The van der Waals surface area contributed by atoms with Crippen molar-refractivity contribution in [2.24, 2.45) is 5.84 Å². The van der Waals surface area contributed by atoms with Crippen LogP contribution in [0.25, 0.3) is 5.95 Å². The fourth-order valence-electron chi connectivity index (χ4n) is 2.16. The van der Waals surface area contributed by atoms with E-state index in [1.54, 1.807) is 0 Å². The third-order valence-electron chi connectivity index (χ3n) is 3.30. The summed E-state index contributed by atoms with van der Waals surface area (Å²) in [6.45, 7) is 3.46. The van der Waals surface area contributed by atoms with Crippen LogP contribution in [0, 0.1) is 0 Å². The minimum atomic E-state index is -0.198. The van der Waals surface area contributed by atoms with E-state index in [0.29, 0.717) is 18.4 Å². The van der Waals surface area contributed by atoms with Gasteiger partial charge in [-0.25, -0.2) is 10.8 Å². The van der Waals surface area contributed by atoms with Crippen LogP contribution in [0.4, 0.5) is 11.9 Å². The molecule has 0 aliphatic carbocycles. The van der Waals surface area contributed by atoms with E-state index >= 15 is 0 Å². The van der Waals surface area contributed by atoms with Crippen molar-refractivity contribution in [3.05, 3.63) is 12.7 Å². The van der Waals surface area contributed by atoms with Crippen molar-refractivity contribution in [1.82, 2.24) is 29.7 Å². The molecule has 10 heteroatoms. The van der Waals surface area contributed by atoms with Gasteiger partial charge in [-0.3, -0.25) is 5.43 Å². The third kappa shape index (κ3) is 3.06. The van der Waals surface area contributed by atoms with E-state index in [1.807, 2.05) is 0 Å². The number of nitrogens with one attached hydrogen (secondary N) is 2. The Kier molecular flexibility index (Phi) is 3.62. The van der Waals surface area contributed by atoms with Crippen LogP contribution in [-0.2, 0) is 4.74 Å². The zero-order valence-corrected chi connectivity index (χ0v) is 11.7. The molecular weight excluding hydrogens is 274 g/mol. The van der Waals surface area contributed by atoms with Gasteiger partial charge >= 0.3 is 0 Å². The SMILES string of the molecule is CC1(CNc2nc(NN)nc(-n3cncn3)n2)CCCO1. The molecule has 3 rings (SSSR count). The molecule has 2 aromatic rings. The Bertz CT molecular complexity index is 594. The molecule has 0 amide bonds. The van der Waals surface area contributed by atoms with Crippen molar-refractivity contribution >= 4 is 11.9 Å². The van der Waals surface area contributed by atoms with E-state index in [2.05, 4.69) is 42.7 Å². The number of hydrogen-bond acceptors (Lipinski definition) is 9. The number of nitrogens with zero attached hydrogens (tertiary/aromatic N) is 6. The summed E-state index contributed by atoms with van der Waals surface area (Å²) in [5.74, 6) is 6.36. The second-order valence-electron chi connectivity index (χ2n) is 5.02. The molecular formula is C11H17N9O. The van der Waals surface area contributed by atoms with Crippen molar-refractivity contribution < 1.29 is 4.74 Å². The van der Waals surface area contributed by atoms with E-state index in [4.69, 9.17) is 10.6 Å². The second kappa shape index (κ2) is 5.58. The highest BCUT2D eigenvalue weighted by Crippen LogP contribution is 2.25. The first-order valence-corrected chi connectivity index (χ1v) is 6.64. The quantitative estimate of drug-likeness (QED) is 0.503. The van der Waals surface area contributed by atoms with Gasteiger partial charge in [-0.1, -0.05) is 0 Å². The number of anilines is 2. The molecule has 1 fully saturated rings.